The number of rotatable bonds is 3. The molecule has 8 fully saturated rings. The molecule has 8 saturated heterocycles. The van der Waals surface area contributed by atoms with Crippen LogP contribution in [0.4, 0.5) is 0 Å². The quantitative estimate of drug-likeness (QED) is 0.259. The maximum Gasteiger partial charge on any atom is 0.308 e. The van der Waals surface area contributed by atoms with Crippen molar-refractivity contribution in [3.63, 3.8) is 0 Å². The predicted octanol–water partition coefficient (Wildman–Crippen LogP) is 5.82. The minimum Gasteiger partial charge on any atom is -0.459 e. The van der Waals surface area contributed by atoms with Gasteiger partial charge in [-0.2, -0.15) is 0 Å². The van der Waals surface area contributed by atoms with Crippen molar-refractivity contribution < 1.29 is 62.4 Å². The lowest BCUT2D eigenvalue weighted by molar-refractivity contribution is -0.317. The number of hydrogen-bond acceptors (Lipinski definition) is 13. The second-order valence-corrected chi connectivity index (χ2v) is 21.7. The van der Waals surface area contributed by atoms with Gasteiger partial charge in [-0.05, 0) is 95.8 Å². The molecule has 10 aliphatic rings. The Morgan fingerprint density at radius 3 is 2.23 bits per heavy atom. The van der Waals surface area contributed by atoms with Crippen molar-refractivity contribution in [2.75, 3.05) is 6.61 Å². The van der Waals surface area contributed by atoms with Crippen LogP contribution < -0.4 is 0 Å². The fraction of sp³-hybridized carbons (Fsp3) is 0.898. The number of hydrogen-bond donors (Lipinski definition) is 2. The fourth-order valence-corrected chi connectivity index (χ4v) is 13.4. The minimum atomic E-state index is -0.622. The van der Waals surface area contributed by atoms with Gasteiger partial charge in [-0.25, -0.2) is 0 Å². The lowest BCUT2D eigenvalue weighted by Crippen LogP contribution is -2.65. The van der Waals surface area contributed by atoms with Gasteiger partial charge in [0, 0.05) is 32.3 Å². The van der Waals surface area contributed by atoms with Gasteiger partial charge in [-0.1, -0.05) is 45.1 Å². The highest BCUT2D eigenvalue weighted by Gasteiger charge is 2.57. The average molecular weight is 871 g/mol. The summed E-state index contributed by atoms with van der Waals surface area (Å²) in [4.78, 5) is 12.3. The van der Waals surface area contributed by atoms with Gasteiger partial charge >= 0.3 is 5.97 Å². The van der Waals surface area contributed by atoms with Gasteiger partial charge in [-0.15, -0.1) is 0 Å². The first kappa shape index (κ1) is 44.4. The molecule has 13 nitrogen and oxygen atoms in total. The van der Waals surface area contributed by atoms with Gasteiger partial charge < -0.3 is 57.6 Å². The standard InChI is InChI=1S/C49H74O13/c1-26-17-36-39(22-45(52)58-36)57-44-21-38-40(62-48(44,4)23-26)18-28(3)46-35(55-38)11-7-6-10-31-32(59-46)12-8-14-34-33(54-31)13-9-15-43-49(5,61-34)24-42-37(56-43)20-41-47(60-42)30(51)19-29(53-41)16-27(2)25-50/h6-8,14,26-44,46-47,50-51H,9-13,15-25H2,1-5H3/b7-6-,14-8-/t26-,27?,28+,29-,30+,31?,32+,33?,34-,35?,36+,37?,38?,39?,40+,41?,42-,43?,44?,46-,47+,48-,49+/m1/s1. The normalized spacial score (nSPS) is 54.5. The summed E-state index contributed by atoms with van der Waals surface area (Å²) >= 11 is 0. The summed E-state index contributed by atoms with van der Waals surface area (Å²) in [5, 5.41) is 20.9. The van der Waals surface area contributed by atoms with Crippen LogP contribution in [0.15, 0.2) is 24.3 Å². The maximum absolute atomic E-state index is 12.3. The first-order valence-electron chi connectivity index (χ1n) is 24.6. The highest BCUT2D eigenvalue weighted by Crippen LogP contribution is 2.48. The average Bonchev–Trinajstić information content (AvgIpc) is 3.52. The number of carbonyl (C=O) groups is 1. The van der Waals surface area contributed by atoms with Crippen LogP contribution in [0.2, 0.25) is 0 Å². The number of aliphatic hydroxyl groups is 2. The first-order chi connectivity index (χ1) is 29.8. The van der Waals surface area contributed by atoms with E-state index < -0.39 is 23.4 Å². The molecule has 0 aromatic rings. The molecule has 348 valence electrons. The smallest absolute Gasteiger partial charge is 0.308 e. The van der Waals surface area contributed by atoms with E-state index in [-0.39, 0.29) is 122 Å². The topological polar surface area (TPSA) is 150 Å². The van der Waals surface area contributed by atoms with Crippen LogP contribution in [0.5, 0.6) is 0 Å². The molecule has 2 N–H and O–H groups in total. The van der Waals surface area contributed by atoms with Crippen molar-refractivity contribution in [2.45, 2.75) is 252 Å². The van der Waals surface area contributed by atoms with Crippen LogP contribution in [-0.4, -0.2) is 144 Å². The van der Waals surface area contributed by atoms with E-state index in [0.29, 0.717) is 50.9 Å². The summed E-state index contributed by atoms with van der Waals surface area (Å²) in [5.74, 6) is 0.467. The highest BCUT2D eigenvalue weighted by molar-refractivity contribution is 5.72. The van der Waals surface area contributed by atoms with Crippen molar-refractivity contribution in [3.8, 4) is 0 Å². The molecule has 23 atom stereocenters. The van der Waals surface area contributed by atoms with E-state index in [1.54, 1.807) is 0 Å². The Labute approximate surface area is 368 Å². The van der Waals surface area contributed by atoms with Gasteiger partial charge in [-0.3, -0.25) is 4.79 Å². The molecule has 10 heterocycles. The van der Waals surface area contributed by atoms with E-state index in [2.05, 4.69) is 52.0 Å². The van der Waals surface area contributed by atoms with Crippen molar-refractivity contribution in [3.05, 3.63) is 24.3 Å². The molecule has 13 heteroatoms. The van der Waals surface area contributed by atoms with Crippen molar-refractivity contribution in [2.24, 2.45) is 17.8 Å². The molecule has 0 aliphatic carbocycles. The monoisotopic (exact) mass is 871 g/mol. The summed E-state index contributed by atoms with van der Waals surface area (Å²) in [5.41, 5.74) is -1.08. The Bertz CT molecular complexity index is 1640. The first-order valence-corrected chi connectivity index (χ1v) is 24.6. The van der Waals surface area contributed by atoms with Gasteiger partial charge in [0.25, 0.3) is 0 Å². The van der Waals surface area contributed by atoms with Gasteiger partial charge in [0.15, 0.2) is 0 Å². The lowest BCUT2D eigenvalue weighted by atomic mass is 9.78. The molecular formula is C49H74O13. The summed E-state index contributed by atoms with van der Waals surface area (Å²) in [6, 6.07) is 0. The van der Waals surface area contributed by atoms with Gasteiger partial charge in [0.2, 0.25) is 0 Å². The molecule has 0 amide bonds. The third-order valence-electron chi connectivity index (χ3n) is 16.5. The molecule has 0 bridgehead atoms. The zero-order valence-electron chi connectivity index (χ0n) is 37.6. The Balaban J connectivity index is 0.815. The Morgan fingerprint density at radius 1 is 0.661 bits per heavy atom. The largest absolute Gasteiger partial charge is 0.459 e. The number of fused-ring (bicyclic) bond motifs is 9. The molecular weight excluding hydrogens is 797 g/mol. The molecule has 10 rings (SSSR count). The van der Waals surface area contributed by atoms with E-state index in [1.807, 2.05) is 6.92 Å². The summed E-state index contributed by atoms with van der Waals surface area (Å²) in [7, 11) is 0. The van der Waals surface area contributed by atoms with E-state index in [9.17, 15) is 15.0 Å². The van der Waals surface area contributed by atoms with E-state index in [1.165, 1.54) is 0 Å². The maximum atomic E-state index is 12.3. The number of carbonyl (C=O) groups excluding carboxylic acids is 1. The molecule has 10 unspecified atom stereocenters. The SMILES string of the molecule is CC(CO)C[C@@H]1C[C@H](O)[C@@H]2O[C@@H]3C[C@]4(C)O[C@@H]5/C=C\C[C@@H]6O[C@H]7C(C/C=C\CC6OC5CCCC4OC3CC2O1)OC1CC2OC3CC(=O)O[C@H]3C[C@@H](C)C[C@@]2(C)O[C@H]1C[C@@H]7C. The molecule has 62 heavy (non-hydrogen) atoms. The Kier molecular flexibility index (Phi) is 12.8. The van der Waals surface area contributed by atoms with Crippen LogP contribution in [0, 0.1) is 17.8 Å². The van der Waals surface area contributed by atoms with E-state index in [0.717, 1.165) is 51.4 Å². The van der Waals surface area contributed by atoms with Crippen LogP contribution >= 0.6 is 0 Å². The zero-order chi connectivity index (χ0) is 42.9. The van der Waals surface area contributed by atoms with Crippen molar-refractivity contribution >= 4 is 5.97 Å². The molecule has 0 spiro atoms. The van der Waals surface area contributed by atoms with E-state index in [4.69, 9.17) is 47.4 Å². The Hall–Kier alpha value is -1.49. The molecule has 0 aromatic heterocycles. The molecule has 0 saturated carbocycles. The summed E-state index contributed by atoms with van der Waals surface area (Å²) < 4.78 is 68.4. The fourth-order valence-electron chi connectivity index (χ4n) is 13.4. The Morgan fingerprint density at radius 2 is 1.39 bits per heavy atom. The second kappa shape index (κ2) is 18.0. The summed E-state index contributed by atoms with van der Waals surface area (Å²) in [6.45, 7) is 11.0. The van der Waals surface area contributed by atoms with E-state index >= 15 is 0 Å². The highest BCUT2D eigenvalue weighted by atomic mass is 16.6. The van der Waals surface area contributed by atoms with Crippen LogP contribution in [0.25, 0.3) is 0 Å². The molecule has 0 aromatic carbocycles. The van der Waals surface area contributed by atoms with Crippen LogP contribution in [-0.2, 0) is 52.2 Å². The number of ether oxygens (including phenoxy) is 10. The molecule has 10 aliphatic heterocycles. The second-order valence-electron chi connectivity index (χ2n) is 21.7. The van der Waals surface area contributed by atoms with Crippen LogP contribution in [0.1, 0.15) is 131 Å². The minimum absolute atomic E-state index is 0.0803. The van der Waals surface area contributed by atoms with Crippen molar-refractivity contribution in [1.29, 1.82) is 0 Å². The third kappa shape index (κ3) is 8.89. The lowest BCUT2D eigenvalue weighted by Gasteiger charge is -2.55. The predicted molar refractivity (Wildman–Crippen MR) is 225 cm³/mol. The van der Waals surface area contributed by atoms with Gasteiger partial charge in [0.05, 0.1) is 103 Å². The molecule has 0 radical (unpaired) electrons. The third-order valence-corrected chi connectivity index (χ3v) is 16.5. The summed E-state index contributed by atoms with van der Waals surface area (Å²) in [6.07, 6.45) is 16.2. The van der Waals surface area contributed by atoms with Crippen molar-refractivity contribution in [1.82, 2.24) is 0 Å². The number of esters is 1. The zero-order valence-corrected chi connectivity index (χ0v) is 37.6. The van der Waals surface area contributed by atoms with Crippen LogP contribution in [0.3, 0.4) is 0 Å². The van der Waals surface area contributed by atoms with Gasteiger partial charge in [0.1, 0.15) is 24.4 Å². The number of aliphatic hydroxyl groups excluding tert-OH is 2.